The molecule has 0 spiro atoms. The summed E-state index contributed by atoms with van der Waals surface area (Å²) < 4.78 is 24.5. The van der Waals surface area contributed by atoms with Gasteiger partial charge in [0.05, 0.1) is 30.3 Å². The number of nitro benzene ring substituents is 1. The van der Waals surface area contributed by atoms with Crippen LogP contribution in [0.1, 0.15) is 12.5 Å². The second-order valence-corrected chi connectivity index (χ2v) is 4.78. The van der Waals surface area contributed by atoms with E-state index in [1.807, 2.05) is 6.92 Å². The highest BCUT2D eigenvalue weighted by Gasteiger charge is 2.19. The van der Waals surface area contributed by atoms with Crippen molar-refractivity contribution >= 4 is 5.69 Å². The fraction of sp³-hybridized carbons (Fsp3) is 0.538. The fourth-order valence-electron chi connectivity index (χ4n) is 2.07. The van der Waals surface area contributed by atoms with E-state index in [0.717, 1.165) is 25.2 Å². The molecule has 110 valence electrons. The van der Waals surface area contributed by atoms with Gasteiger partial charge in [0.25, 0.3) is 0 Å². The third kappa shape index (κ3) is 3.96. The predicted octanol–water partition coefficient (Wildman–Crippen LogP) is 1.63. The summed E-state index contributed by atoms with van der Waals surface area (Å²) in [4.78, 5) is 9.75. The molecule has 0 bridgehead atoms. The van der Waals surface area contributed by atoms with E-state index in [1.165, 1.54) is 6.07 Å². The van der Waals surface area contributed by atoms with Crippen LogP contribution in [0.15, 0.2) is 18.2 Å². The Labute approximate surface area is 116 Å². The average Bonchev–Trinajstić information content (AvgIpc) is 2.38. The van der Waals surface area contributed by atoms with Crippen molar-refractivity contribution < 1.29 is 18.8 Å². The lowest BCUT2D eigenvalue weighted by atomic mass is 10.2. The molecule has 1 aliphatic heterocycles. The number of hydrogen-bond acceptors (Lipinski definition) is 5. The van der Waals surface area contributed by atoms with Crippen LogP contribution in [-0.4, -0.2) is 36.8 Å². The molecule has 1 fully saturated rings. The number of benzene rings is 1. The van der Waals surface area contributed by atoms with Crippen molar-refractivity contribution in [2.24, 2.45) is 0 Å². The van der Waals surface area contributed by atoms with Gasteiger partial charge in [-0.25, -0.2) is 0 Å². The van der Waals surface area contributed by atoms with E-state index in [1.54, 1.807) is 0 Å². The van der Waals surface area contributed by atoms with Crippen molar-refractivity contribution in [2.75, 3.05) is 19.7 Å². The molecule has 2 unspecified atom stereocenters. The van der Waals surface area contributed by atoms with Crippen molar-refractivity contribution in [3.63, 3.8) is 0 Å². The second-order valence-electron chi connectivity index (χ2n) is 4.78. The van der Waals surface area contributed by atoms with Crippen LogP contribution in [0.2, 0.25) is 0 Å². The van der Waals surface area contributed by atoms with E-state index in [2.05, 4.69) is 5.32 Å². The Balaban J connectivity index is 1.82. The van der Waals surface area contributed by atoms with Crippen molar-refractivity contribution in [3.8, 4) is 0 Å². The Kier molecular flexibility index (Phi) is 4.99. The zero-order valence-corrected chi connectivity index (χ0v) is 11.2. The molecule has 0 aliphatic carbocycles. The van der Waals surface area contributed by atoms with E-state index >= 15 is 0 Å². The van der Waals surface area contributed by atoms with Gasteiger partial charge in [-0.1, -0.05) is 0 Å². The zero-order chi connectivity index (χ0) is 14.5. The first-order valence-corrected chi connectivity index (χ1v) is 6.43. The number of halogens is 1. The minimum atomic E-state index is -0.847. The number of nitrogens with zero attached hydrogens (tertiary/aromatic N) is 1. The van der Waals surface area contributed by atoms with Crippen LogP contribution in [0.25, 0.3) is 0 Å². The summed E-state index contributed by atoms with van der Waals surface area (Å²) in [6.45, 7) is 4.12. The van der Waals surface area contributed by atoms with Crippen LogP contribution in [0.4, 0.5) is 10.1 Å². The van der Waals surface area contributed by atoms with Gasteiger partial charge >= 0.3 is 5.69 Å². The summed E-state index contributed by atoms with van der Waals surface area (Å²) in [5.41, 5.74) is 0.0345. The van der Waals surface area contributed by atoms with Crippen molar-refractivity contribution in [2.45, 2.75) is 25.7 Å². The Morgan fingerprint density at radius 3 is 3.00 bits per heavy atom. The number of nitro groups is 1. The number of rotatable bonds is 5. The third-order valence-electron chi connectivity index (χ3n) is 3.01. The van der Waals surface area contributed by atoms with E-state index in [9.17, 15) is 14.5 Å². The maximum Gasteiger partial charge on any atom is 0.304 e. The minimum absolute atomic E-state index is 0.0263. The van der Waals surface area contributed by atoms with E-state index in [0.29, 0.717) is 12.2 Å². The molecule has 20 heavy (non-hydrogen) atoms. The molecular weight excluding hydrogens is 267 g/mol. The summed E-state index contributed by atoms with van der Waals surface area (Å²) in [5, 5.41) is 13.7. The summed E-state index contributed by atoms with van der Waals surface area (Å²) in [5.74, 6) is -0.847. The molecule has 1 saturated heterocycles. The Bertz CT molecular complexity index is 483. The van der Waals surface area contributed by atoms with Gasteiger partial charge in [-0.05, 0) is 24.6 Å². The zero-order valence-electron chi connectivity index (χ0n) is 11.2. The molecule has 6 nitrogen and oxygen atoms in total. The van der Waals surface area contributed by atoms with Crippen LogP contribution < -0.4 is 5.32 Å². The highest BCUT2D eigenvalue weighted by molar-refractivity contribution is 5.34. The monoisotopic (exact) mass is 284 g/mol. The first-order chi connectivity index (χ1) is 9.56. The van der Waals surface area contributed by atoms with Gasteiger partial charge in [-0.15, -0.1) is 0 Å². The summed E-state index contributed by atoms with van der Waals surface area (Å²) in [6, 6.07) is 3.76. The molecule has 0 saturated carbocycles. The van der Waals surface area contributed by atoms with Gasteiger partial charge in [0.15, 0.2) is 0 Å². The summed E-state index contributed by atoms with van der Waals surface area (Å²) in [7, 11) is 0. The van der Waals surface area contributed by atoms with E-state index in [4.69, 9.17) is 9.47 Å². The third-order valence-corrected chi connectivity index (χ3v) is 3.01. The molecule has 1 heterocycles. The molecule has 0 amide bonds. The predicted molar refractivity (Wildman–Crippen MR) is 69.9 cm³/mol. The molecule has 1 aliphatic rings. The average molecular weight is 284 g/mol. The van der Waals surface area contributed by atoms with Crippen molar-refractivity contribution in [3.05, 3.63) is 39.7 Å². The van der Waals surface area contributed by atoms with Gasteiger partial charge in [-0.3, -0.25) is 10.1 Å². The van der Waals surface area contributed by atoms with Crippen LogP contribution in [0.5, 0.6) is 0 Å². The lowest BCUT2D eigenvalue weighted by Gasteiger charge is -2.28. The van der Waals surface area contributed by atoms with Crippen molar-refractivity contribution in [1.82, 2.24) is 5.32 Å². The SMILES string of the molecule is CC1CNCC(COCc2ccc([N+](=O)[O-])c(F)c2)O1. The lowest BCUT2D eigenvalue weighted by molar-refractivity contribution is -0.387. The standard InChI is InChI=1S/C13H17FN2O4/c1-9-5-15-6-11(20-9)8-19-7-10-2-3-13(16(17)18)12(14)4-10/h2-4,9,11,15H,5-8H2,1H3. The van der Waals surface area contributed by atoms with Gasteiger partial charge in [-0.2, -0.15) is 4.39 Å². The first-order valence-electron chi connectivity index (χ1n) is 6.43. The normalized spacial score (nSPS) is 22.7. The van der Waals surface area contributed by atoms with Gasteiger partial charge in [0.2, 0.25) is 5.82 Å². The molecule has 2 rings (SSSR count). The van der Waals surface area contributed by atoms with Gasteiger partial charge in [0, 0.05) is 19.2 Å². The lowest BCUT2D eigenvalue weighted by Crippen LogP contribution is -2.45. The van der Waals surface area contributed by atoms with Crippen LogP contribution in [0.3, 0.4) is 0 Å². The van der Waals surface area contributed by atoms with Crippen LogP contribution in [-0.2, 0) is 16.1 Å². The number of ether oxygens (including phenoxy) is 2. The molecular formula is C13H17FN2O4. The van der Waals surface area contributed by atoms with E-state index in [-0.39, 0.29) is 18.8 Å². The Morgan fingerprint density at radius 1 is 1.55 bits per heavy atom. The maximum absolute atomic E-state index is 13.4. The van der Waals surface area contributed by atoms with E-state index < -0.39 is 16.4 Å². The first kappa shape index (κ1) is 14.8. The number of hydrogen-bond donors (Lipinski definition) is 1. The summed E-state index contributed by atoms with van der Waals surface area (Å²) >= 11 is 0. The maximum atomic E-state index is 13.4. The summed E-state index contributed by atoms with van der Waals surface area (Å²) in [6.07, 6.45) is 0.121. The topological polar surface area (TPSA) is 73.6 Å². The number of morpholine rings is 1. The highest BCUT2D eigenvalue weighted by Crippen LogP contribution is 2.18. The van der Waals surface area contributed by atoms with Crippen LogP contribution >= 0.6 is 0 Å². The van der Waals surface area contributed by atoms with Crippen molar-refractivity contribution in [1.29, 1.82) is 0 Å². The molecule has 2 atom stereocenters. The largest absolute Gasteiger partial charge is 0.374 e. The molecule has 7 heteroatoms. The minimum Gasteiger partial charge on any atom is -0.374 e. The molecule has 0 radical (unpaired) electrons. The Morgan fingerprint density at radius 2 is 2.35 bits per heavy atom. The van der Waals surface area contributed by atoms with Crippen LogP contribution in [0, 0.1) is 15.9 Å². The van der Waals surface area contributed by atoms with Gasteiger partial charge < -0.3 is 14.8 Å². The second kappa shape index (κ2) is 6.74. The van der Waals surface area contributed by atoms with Gasteiger partial charge in [0.1, 0.15) is 0 Å². The quantitative estimate of drug-likeness (QED) is 0.657. The molecule has 1 N–H and O–H groups in total. The molecule has 0 aromatic heterocycles. The molecule has 1 aromatic carbocycles. The molecule has 1 aromatic rings. The smallest absolute Gasteiger partial charge is 0.304 e. The number of nitrogens with one attached hydrogen (secondary N) is 1. The Hall–Kier alpha value is -1.57. The highest BCUT2D eigenvalue weighted by atomic mass is 19.1. The fourth-order valence-corrected chi connectivity index (χ4v) is 2.07.